The van der Waals surface area contributed by atoms with E-state index in [2.05, 4.69) is 20.9 Å². The van der Waals surface area contributed by atoms with Crippen molar-refractivity contribution in [3.05, 3.63) is 27.3 Å². The van der Waals surface area contributed by atoms with E-state index >= 15 is 0 Å². The number of hydrogen-bond acceptors (Lipinski definition) is 2. The molecule has 0 saturated carbocycles. The highest BCUT2D eigenvalue weighted by Gasteiger charge is 2.02. The van der Waals surface area contributed by atoms with E-state index in [0.717, 1.165) is 19.0 Å². The maximum absolute atomic E-state index is 5.82. The minimum Gasteiger partial charge on any atom is -0.248 e. The normalized spacial score (nSPS) is 10.7. The molecule has 0 spiro atoms. The predicted octanol–water partition coefficient (Wildman–Crippen LogP) is 3.71. The minimum atomic E-state index is 0.800. The van der Waals surface area contributed by atoms with Crippen LogP contribution in [0, 0.1) is 0 Å². The molecule has 0 atom stereocenters. The Kier molecular flexibility index (Phi) is 1.87. The topological polar surface area (TPSA) is 12.9 Å². The Hall–Kier alpha value is -0.120. The molecule has 11 heavy (non-hydrogen) atoms. The van der Waals surface area contributed by atoms with Crippen molar-refractivity contribution in [3.8, 4) is 0 Å². The second kappa shape index (κ2) is 2.73. The molecule has 0 N–H and O–H groups in total. The van der Waals surface area contributed by atoms with E-state index < -0.39 is 0 Å². The second-order valence-corrected chi connectivity index (χ2v) is 4.51. The average molecular weight is 249 g/mol. The average Bonchev–Trinajstić information content (AvgIpc) is 2.31. The van der Waals surface area contributed by atoms with Gasteiger partial charge in [0.25, 0.3) is 0 Å². The van der Waals surface area contributed by atoms with Gasteiger partial charge < -0.3 is 0 Å². The van der Waals surface area contributed by atoms with Crippen molar-refractivity contribution in [2.75, 3.05) is 0 Å². The van der Waals surface area contributed by atoms with Crippen molar-refractivity contribution in [2.24, 2.45) is 0 Å². The Bertz CT molecular complexity index is 398. The summed E-state index contributed by atoms with van der Waals surface area (Å²) >= 11 is 10.7. The number of pyridine rings is 1. The van der Waals surface area contributed by atoms with Crippen molar-refractivity contribution in [1.29, 1.82) is 0 Å². The van der Waals surface area contributed by atoms with Crippen LogP contribution in [0.25, 0.3) is 10.1 Å². The van der Waals surface area contributed by atoms with Gasteiger partial charge in [-0.1, -0.05) is 11.6 Å². The summed E-state index contributed by atoms with van der Waals surface area (Å²) in [5, 5.41) is 1.14. The van der Waals surface area contributed by atoms with E-state index in [1.165, 1.54) is 11.3 Å². The lowest BCUT2D eigenvalue weighted by Crippen LogP contribution is -1.70. The molecule has 2 rings (SSSR count). The highest BCUT2D eigenvalue weighted by molar-refractivity contribution is 9.10. The van der Waals surface area contributed by atoms with Crippen LogP contribution < -0.4 is 0 Å². The van der Waals surface area contributed by atoms with Crippen LogP contribution in [0.15, 0.2) is 22.9 Å². The van der Waals surface area contributed by atoms with E-state index in [1.807, 2.05) is 12.1 Å². The van der Waals surface area contributed by atoms with Crippen molar-refractivity contribution < 1.29 is 0 Å². The number of rotatable bonds is 0. The largest absolute Gasteiger partial charge is 0.248 e. The first-order valence-electron chi connectivity index (χ1n) is 2.97. The molecule has 56 valence electrons. The van der Waals surface area contributed by atoms with Crippen LogP contribution in [0.5, 0.6) is 0 Å². The molecule has 2 heterocycles. The maximum atomic E-state index is 5.82. The molecule has 0 aliphatic heterocycles. The van der Waals surface area contributed by atoms with Crippen LogP contribution in [0.1, 0.15) is 0 Å². The fourth-order valence-corrected chi connectivity index (χ4v) is 2.60. The highest BCUT2D eigenvalue weighted by atomic mass is 79.9. The molecule has 0 amide bonds. The van der Waals surface area contributed by atoms with Crippen LogP contribution >= 0.6 is 38.9 Å². The summed E-state index contributed by atoms with van der Waals surface area (Å²) in [7, 11) is 0. The van der Waals surface area contributed by atoms with Crippen molar-refractivity contribution in [3.63, 3.8) is 0 Å². The Morgan fingerprint density at radius 2 is 2.36 bits per heavy atom. The molecule has 0 aliphatic carbocycles. The summed E-state index contributed by atoms with van der Waals surface area (Å²) in [6.45, 7) is 0. The first kappa shape index (κ1) is 7.53. The molecule has 0 bridgehead atoms. The van der Waals surface area contributed by atoms with Gasteiger partial charge in [-0.05, 0) is 33.4 Å². The molecule has 0 aromatic carbocycles. The van der Waals surface area contributed by atoms with Gasteiger partial charge >= 0.3 is 0 Å². The first-order chi connectivity index (χ1) is 5.27. The van der Waals surface area contributed by atoms with E-state index in [9.17, 15) is 0 Å². The van der Waals surface area contributed by atoms with Gasteiger partial charge in [-0.3, -0.25) is 0 Å². The number of aromatic nitrogens is 1. The summed E-state index contributed by atoms with van der Waals surface area (Å²) < 4.78 is 2.78. The molecule has 2 aromatic rings. The minimum absolute atomic E-state index is 0.800. The lowest BCUT2D eigenvalue weighted by atomic mass is 10.3. The van der Waals surface area contributed by atoms with Crippen LogP contribution in [0.3, 0.4) is 0 Å². The third-order valence-corrected chi connectivity index (χ3v) is 3.51. The summed E-state index contributed by atoms with van der Waals surface area (Å²) in [5.41, 5.74) is 0. The Balaban J connectivity index is 2.90. The second-order valence-electron chi connectivity index (χ2n) is 2.07. The van der Waals surface area contributed by atoms with Gasteiger partial charge in [0.1, 0.15) is 4.60 Å². The summed E-state index contributed by atoms with van der Waals surface area (Å²) in [6, 6.07) is 3.89. The number of fused-ring (bicyclic) bond motifs is 1. The quantitative estimate of drug-likeness (QED) is 0.648. The summed E-state index contributed by atoms with van der Waals surface area (Å²) in [6.07, 6.45) is 1.76. The van der Waals surface area contributed by atoms with Gasteiger partial charge in [0.05, 0.1) is 9.04 Å². The van der Waals surface area contributed by atoms with Crippen molar-refractivity contribution >= 4 is 49.0 Å². The van der Waals surface area contributed by atoms with Gasteiger partial charge in [0, 0.05) is 6.20 Å². The molecule has 0 aliphatic rings. The molecule has 0 unspecified atom stereocenters. The van der Waals surface area contributed by atoms with Gasteiger partial charge in [-0.15, -0.1) is 11.3 Å². The molecule has 2 aromatic heterocycles. The monoisotopic (exact) mass is 247 g/mol. The smallest absolute Gasteiger partial charge is 0.123 e. The summed E-state index contributed by atoms with van der Waals surface area (Å²) in [5.74, 6) is 0. The Labute approximate surface area is 81.1 Å². The Morgan fingerprint density at radius 3 is 3.09 bits per heavy atom. The van der Waals surface area contributed by atoms with Crippen molar-refractivity contribution in [1.82, 2.24) is 4.98 Å². The third kappa shape index (κ3) is 1.28. The zero-order chi connectivity index (χ0) is 7.84. The maximum Gasteiger partial charge on any atom is 0.123 e. The fraction of sp³-hybridized carbons (Fsp3) is 0. The zero-order valence-electron chi connectivity index (χ0n) is 5.34. The molecule has 1 nitrogen and oxygen atoms in total. The molecular weight excluding hydrogens is 246 g/mol. The SMILES string of the molecule is Clc1cc2ccnc(Br)c2s1. The van der Waals surface area contributed by atoms with E-state index in [-0.39, 0.29) is 0 Å². The number of halogens is 2. The molecule has 0 saturated heterocycles. The molecular formula is C7H3BrClNS. The highest BCUT2D eigenvalue weighted by Crippen LogP contribution is 2.32. The lowest BCUT2D eigenvalue weighted by molar-refractivity contribution is 1.32. The number of nitrogens with zero attached hydrogens (tertiary/aromatic N) is 1. The Morgan fingerprint density at radius 1 is 1.55 bits per heavy atom. The third-order valence-electron chi connectivity index (χ3n) is 1.36. The van der Waals surface area contributed by atoms with Crippen LogP contribution in [0.4, 0.5) is 0 Å². The van der Waals surface area contributed by atoms with E-state index in [4.69, 9.17) is 11.6 Å². The summed E-state index contributed by atoms with van der Waals surface area (Å²) in [4.78, 5) is 4.09. The van der Waals surface area contributed by atoms with Crippen LogP contribution in [-0.4, -0.2) is 4.98 Å². The first-order valence-corrected chi connectivity index (χ1v) is 4.95. The standard InChI is InChI=1S/C7H3BrClNS/c8-7-6-4(1-2-10-7)3-5(9)11-6/h1-3H. The van der Waals surface area contributed by atoms with Crippen LogP contribution in [0.2, 0.25) is 4.34 Å². The molecule has 4 heteroatoms. The number of thiophene rings is 1. The van der Waals surface area contributed by atoms with Gasteiger partial charge in [-0.2, -0.15) is 0 Å². The molecule has 0 fully saturated rings. The zero-order valence-corrected chi connectivity index (χ0v) is 8.50. The predicted molar refractivity (Wildman–Crippen MR) is 52.3 cm³/mol. The van der Waals surface area contributed by atoms with Crippen molar-refractivity contribution in [2.45, 2.75) is 0 Å². The van der Waals surface area contributed by atoms with Gasteiger partial charge in [0.15, 0.2) is 0 Å². The van der Waals surface area contributed by atoms with Gasteiger partial charge in [-0.25, -0.2) is 4.98 Å². The van der Waals surface area contributed by atoms with E-state index in [1.54, 1.807) is 6.20 Å². The van der Waals surface area contributed by atoms with E-state index in [0.29, 0.717) is 0 Å². The van der Waals surface area contributed by atoms with Gasteiger partial charge in [0.2, 0.25) is 0 Å². The van der Waals surface area contributed by atoms with Crippen LogP contribution in [-0.2, 0) is 0 Å². The number of hydrogen-bond donors (Lipinski definition) is 0. The lowest BCUT2D eigenvalue weighted by Gasteiger charge is -1.88. The molecule has 0 radical (unpaired) electrons. The fourth-order valence-electron chi connectivity index (χ4n) is 0.900.